The highest BCUT2D eigenvalue weighted by Gasteiger charge is 2.30. The Labute approximate surface area is 198 Å². The second-order valence-electron chi connectivity index (χ2n) is 7.56. The monoisotopic (exact) mass is 485 g/mol. The number of pyridine rings is 1. The van der Waals surface area contributed by atoms with Crippen LogP contribution in [0.1, 0.15) is 21.5 Å². The van der Waals surface area contributed by atoms with Gasteiger partial charge in [0.2, 0.25) is 0 Å². The molecule has 0 radical (unpaired) electrons. The van der Waals surface area contributed by atoms with Crippen molar-refractivity contribution in [3.63, 3.8) is 0 Å². The van der Waals surface area contributed by atoms with Crippen LogP contribution in [0.4, 0.5) is 30.4 Å². The lowest BCUT2D eigenvalue weighted by Gasteiger charge is -2.13. The first-order chi connectivity index (χ1) is 16.1. The number of anilines is 3. The first kappa shape index (κ1) is 23.4. The molecule has 3 aromatic carbocycles. The average molecular weight is 486 g/mol. The highest BCUT2D eigenvalue weighted by Crippen LogP contribution is 2.32. The molecule has 0 aliphatic heterocycles. The minimum absolute atomic E-state index is 0.278. The largest absolute Gasteiger partial charge is 0.496 e. The van der Waals surface area contributed by atoms with E-state index in [1.54, 1.807) is 42.5 Å². The van der Waals surface area contributed by atoms with Crippen LogP contribution in [-0.2, 0) is 6.18 Å². The van der Waals surface area contributed by atoms with Crippen LogP contribution in [0.5, 0.6) is 5.75 Å². The number of hydrogen-bond donors (Lipinski definition) is 2. The topological polar surface area (TPSA) is 63.2 Å². The SMILES string of the molecule is COc1ccc(Cl)cc1C(=O)Nc1ccc2nc(Nc3cccc(C(F)(F)F)c3)cc(C)c2c1. The van der Waals surface area contributed by atoms with Crippen LogP contribution in [0.15, 0.2) is 66.7 Å². The molecule has 4 aromatic rings. The van der Waals surface area contributed by atoms with E-state index in [2.05, 4.69) is 15.6 Å². The molecule has 0 aliphatic rings. The first-order valence-corrected chi connectivity index (χ1v) is 10.5. The smallest absolute Gasteiger partial charge is 0.416 e. The number of halogens is 4. The molecule has 174 valence electrons. The Bertz CT molecular complexity index is 1390. The van der Waals surface area contributed by atoms with E-state index >= 15 is 0 Å². The van der Waals surface area contributed by atoms with E-state index in [4.69, 9.17) is 16.3 Å². The molecule has 5 nitrogen and oxygen atoms in total. The van der Waals surface area contributed by atoms with Crippen molar-refractivity contribution in [3.05, 3.63) is 88.4 Å². The number of carbonyl (C=O) groups is 1. The van der Waals surface area contributed by atoms with E-state index in [9.17, 15) is 18.0 Å². The molecule has 2 N–H and O–H groups in total. The Balaban J connectivity index is 1.59. The molecule has 1 aromatic heterocycles. The average Bonchev–Trinajstić information content (AvgIpc) is 2.79. The van der Waals surface area contributed by atoms with Gasteiger partial charge in [-0.25, -0.2) is 4.98 Å². The van der Waals surface area contributed by atoms with Crippen molar-refractivity contribution in [3.8, 4) is 5.75 Å². The number of hydrogen-bond acceptors (Lipinski definition) is 4. The summed E-state index contributed by atoms with van der Waals surface area (Å²) < 4.78 is 44.2. The van der Waals surface area contributed by atoms with Crippen molar-refractivity contribution in [2.24, 2.45) is 0 Å². The number of alkyl halides is 3. The molecule has 0 saturated heterocycles. The number of methoxy groups -OCH3 is 1. The Kier molecular flexibility index (Phi) is 6.34. The lowest BCUT2D eigenvalue weighted by molar-refractivity contribution is -0.137. The van der Waals surface area contributed by atoms with Gasteiger partial charge in [0.1, 0.15) is 11.6 Å². The number of aryl methyl sites for hydroxylation is 1. The van der Waals surface area contributed by atoms with E-state index in [0.29, 0.717) is 33.4 Å². The number of aromatic nitrogens is 1. The lowest BCUT2D eigenvalue weighted by atomic mass is 10.1. The van der Waals surface area contributed by atoms with Gasteiger partial charge in [-0.15, -0.1) is 0 Å². The number of nitrogens with zero attached hydrogens (tertiary/aromatic N) is 1. The quantitative estimate of drug-likeness (QED) is 0.313. The van der Waals surface area contributed by atoms with E-state index in [-0.39, 0.29) is 11.6 Å². The lowest BCUT2D eigenvalue weighted by Crippen LogP contribution is -2.13. The standard InChI is InChI=1S/C25H19ClF3N3O2/c1-14-10-23(30-17-5-3-4-15(11-17)25(27,28)29)32-21-8-7-18(13-19(14)21)31-24(33)20-12-16(26)6-9-22(20)34-2/h3-13H,1-2H3,(H,30,32)(H,31,33). The fourth-order valence-corrected chi connectivity index (χ4v) is 3.69. The van der Waals surface area contributed by atoms with Crippen molar-refractivity contribution in [2.45, 2.75) is 13.1 Å². The van der Waals surface area contributed by atoms with Gasteiger partial charge < -0.3 is 15.4 Å². The molecule has 4 rings (SSSR count). The number of ether oxygens (including phenoxy) is 1. The van der Waals surface area contributed by atoms with Crippen molar-refractivity contribution in [1.29, 1.82) is 0 Å². The first-order valence-electron chi connectivity index (χ1n) is 10.1. The number of carbonyl (C=O) groups excluding carboxylic acids is 1. The van der Waals surface area contributed by atoms with E-state index in [1.165, 1.54) is 19.2 Å². The molecule has 0 saturated carbocycles. The van der Waals surface area contributed by atoms with Crippen LogP contribution in [0.3, 0.4) is 0 Å². The van der Waals surface area contributed by atoms with Gasteiger partial charge in [-0.2, -0.15) is 13.2 Å². The Morgan fingerprint density at radius 1 is 1.00 bits per heavy atom. The zero-order chi connectivity index (χ0) is 24.5. The zero-order valence-corrected chi connectivity index (χ0v) is 18.9. The summed E-state index contributed by atoms with van der Waals surface area (Å²) in [6.45, 7) is 1.85. The third-order valence-electron chi connectivity index (χ3n) is 5.14. The summed E-state index contributed by atoms with van der Waals surface area (Å²) in [7, 11) is 1.47. The summed E-state index contributed by atoms with van der Waals surface area (Å²) in [6.07, 6.45) is -4.43. The number of benzene rings is 3. The molecule has 9 heteroatoms. The molecule has 0 unspecified atom stereocenters. The van der Waals surface area contributed by atoms with Crippen LogP contribution in [0.25, 0.3) is 10.9 Å². The summed E-state index contributed by atoms with van der Waals surface area (Å²) in [5.41, 5.74) is 1.82. The Hall–Kier alpha value is -3.78. The minimum Gasteiger partial charge on any atom is -0.496 e. The van der Waals surface area contributed by atoms with Crippen LogP contribution in [0.2, 0.25) is 5.02 Å². The summed E-state index contributed by atoms with van der Waals surface area (Å²) in [6, 6.07) is 16.6. The molecule has 1 amide bonds. The number of fused-ring (bicyclic) bond motifs is 1. The van der Waals surface area contributed by atoms with Gasteiger partial charge in [0.15, 0.2) is 0 Å². The maximum absolute atomic E-state index is 13.0. The molecule has 0 bridgehead atoms. The van der Waals surface area contributed by atoms with E-state index in [0.717, 1.165) is 23.1 Å². The van der Waals surface area contributed by atoms with Crippen LogP contribution < -0.4 is 15.4 Å². The molecule has 0 aliphatic carbocycles. The number of nitrogens with one attached hydrogen (secondary N) is 2. The summed E-state index contributed by atoms with van der Waals surface area (Å²) in [4.78, 5) is 17.3. The molecular weight excluding hydrogens is 467 g/mol. The zero-order valence-electron chi connectivity index (χ0n) is 18.1. The van der Waals surface area contributed by atoms with Gasteiger partial charge in [-0.1, -0.05) is 17.7 Å². The van der Waals surface area contributed by atoms with Crippen molar-refractivity contribution >= 4 is 45.6 Å². The van der Waals surface area contributed by atoms with Crippen LogP contribution in [-0.4, -0.2) is 18.0 Å². The van der Waals surface area contributed by atoms with Crippen molar-refractivity contribution in [1.82, 2.24) is 4.98 Å². The molecular formula is C25H19ClF3N3O2. The molecule has 0 spiro atoms. The Morgan fingerprint density at radius 2 is 1.79 bits per heavy atom. The van der Waals surface area contributed by atoms with Crippen LogP contribution in [0, 0.1) is 6.92 Å². The second kappa shape index (κ2) is 9.23. The van der Waals surface area contributed by atoms with Gasteiger partial charge in [-0.05, 0) is 73.2 Å². The third-order valence-corrected chi connectivity index (χ3v) is 5.38. The van der Waals surface area contributed by atoms with Gasteiger partial charge in [0.25, 0.3) is 5.91 Å². The maximum Gasteiger partial charge on any atom is 0.416 e. The summed E-state index contributed by atoms with van der Waals surface area (Å²) in [5, 5.41) is 6.95. The Morgan fingerprint density at radius 3 is 2.53 bits per heavy atom. The molecule has 0 fully saturated rings. The molecule has 34 heavy (non-hydrogen) atoms. The third kappa shape index (κ3) is 5.07. The maximum atomic E-state index is 13.0. The minimum atomic E-state index is -4.43. The predicted molar refractivity (Wildman–Crippen MR) is 127 cm³/mol. The second-order valence-corrected chi connectivity index (χ2v) is 8.00. The fraction of sp³-hybridized carbons (Fsp3) is 0.120. The molecule has 1 heterocycles. The van der Waals surface area contributed by atoms with E-state index in [1.807, 2.05) is 6.92 Å². The van der Waals surface area contributed by atoms with Crippen molar-refractivity contribution in [2.75, 3.05) is 17.7 Å². The highest BCUT2D eigenvalue weighted by atomic mass is 35.5. The van der Waals surface area contributed by atoms with Gasteiger partial charge in [0, 0.05) is 21.8 Å². The normalized spacial score (nSPS) is 11.4. The van der Waals surface area contributed by atoms with Crippen molar-refractivity contribution < 1.29 is 22.7 Å². The fourth-order valence-electron chi connectivity index (χ4n) is 3.51. The number of amides is 1. The van der Waals surface area contributed by atoms with Gasteiger partial charge in [-0.3, -0.25) is 4.79 Å². The van der Waals surface area contributed by atoms with Gasteiger partial charge in [0.05, 0.1) is 23.8 Å². The predicted octanol–water partition coefficient (Wildman–Crippen LogP) is 7.22. The molecule has 0 atom stereocenters. The van der Waals surface area contributed by atoms with Crippen LogP contribution >= 0.6 is 11.6 Å². The highest BCUT2D eigenvalue weighted by molar-refractivity contribution is 6.31. The van der Waals surface area contributed by atoms with Gasteiger partial charge >= 0.3 is 6.18 Å². The summed E-state index contributed by atoms with van der Waals surface area (Å²) in [5.74, 6) is 0.419. The summed E-state index contributed by atoms with van der Waals surface area (Å²) >= 11 is 6.02. The number of rotatable bonds is 5. The van der Waals surface area contributed by atoms with E-state index < -0.39 is 11.7 Å².